The smallest absolute Gasteiger partial charge is 0.276 e. The Balaban J connectivity index is 2.22. The van der Waals surface area contributed by atoms with Gasteiger partial charge in [-0.05, 0) is 18.6 Å². The molecule has 0 radical (unpaired) electrons. The van der Waals surface area contributed by atoms with Gasteiger partial charge in [0.1, 0.15) is 17.9 Å². The van der Waals surface area contributed by atoms with E-state index in [1.807, 2.05) is 6.07 Å². The number of ether oxygens (including phenoxy) is 1. The van der Waals surface area contributed by atoms with Crippen molar-refractivity contribution in [1.29, 1.82) is 5.26 Å². The van der Waals surface area contributed by atoms with E-state index in [0.717, 1.165) is 12.8 Å². The van der Waals surface area contributed by atoms with Crippen molar-refractivity contribution in [3.63, 3.8) is 0 Å². The van der Waals surface area contributed by atoms with Crippen molar-refractivity contribution in [3.8, 4) is 17.7 Å². The first-order valence-electron chi connectivity index (χ1n) is 6.01. The minimum atomic E-state index is -0.166. The second-order valence-corrected chi connectivity index (χ2v) is 4.01. The lowest BCUT2D eigenvalue weighted by molar-refractivity contribution is 0.0854. The fraction of sp³-hybridized carbons (Fsp3) is 0.385. The third-order valence-corrected chi connectivity index (χ3v) is 2.68. The van der Waals surface area contributed by atoms with Gasteiger partial charge in [-0.3, -0.25) is 0 Å². The van der Waals surface area contributed by atoms with E-state index >= 15 is 0 Å². The monoisotopic (exact) mass is 258 g/mol. The fourth-order valence-corrected chi connectivity index (χ4v) is 1.67. The average molecular weight is 258 g/mol. The Morgan fingerprint density at radius 1 is 1.47 bits per heavy atom. The highest BCUT2D eigenvalue weighted by atomic mass is 16.5. The minimum Gasteiger partial charge on any atom is -0.373 e. The lowest BCUT2D eigenvalue weighted by Crippen LogP contribution is -2.03. The van der Waals surface area contributed by atoms with Crippen LogP contribution in [0.15, 0.2) is 22.9 Å². The number of pyridine rings is 1. The number of nitriles is 1. The summed E-state index contributed by atoms with van der Waals surface area (Å²) in [5.41, 5.74) is 1.04. The van der Waals surface area contributed by atoms with E-state index in [-0.39, 0.29) is 6.10 Å². The summed E-state index contributed by atoms with van der Waals surface area (Å²) in [5.74, 6) is 0.850. The van der Waals surface area contributed by atoms with Crippen molar-refractivity contribution >= 4 is 0 Å². The summed E-state index contributed by atoms with van der Waals surface area (Å²) in [6.07, 6.45) is 3.10. The molecular formula is C13H14N4O2. The summed E-state index contributed by atoms with van der Waals surface area (Å²) in [4.78, 5) is 8.38. The van der Waals surface area contributed by atoms with Gasteiger partial charge in [-0.25, -0.2) is 4.98 Å². The molecule has 0 aliphatic heterocycles. The van der Waals surface area contributed by atoms with Crippen LogP contribution in [0.5, 0.6) is 0 Å². The van der Waals surface area contributed by atoms with Gasteiger partial charge < -0.3 is 9.26 Å². The van der Waals surface area contributed by atoms with Crippen LogP contribution in [0, 0.1) is 11.3 Å². The number of methoxy groups -OCH3 is 1. The second-order valence-electron chi connectivity index (χ2n) is 4.01. The van der Waals surface area contributed by atoms with Crippen molar-refractivity contribution in [2.24, 2.45) is 0 Å². The van der Waals surface area contributed by atoms with Gasteiger partial charge in [0, 0.05) is 13.3 Å². The summed E-state index contributed by atoms with van der Waals surface area (Å²) in [6.45, 7) is 2.06. The van der Waals surface area contributed by atoms with Gasteiger partial charge >= 0.3 is 0 Å². The first-order chi connectivity index (χ1) is 9.28. The molecule has 0 aromatic carbocycles. The van der Waals surface area contributed by atoms with E-state index in [0.29, 0.717) is 23.0 Å². The summed E-state index contributed by atoms with van der Waals surface area (Å²) < 4.78 is 10.5. The topological polar surface area (TPSA) is 84.8 Å². The van der Waals surface area contributed by atoms with Gasteiger partial charge in [0.25, 0.3) is 5.89 Å². The molecule has 98 valence electrons. The van der Waals surface area contributed by atoms with E-state index < -0.39 is 0 Å². The van der Waals surface area contributed by atoms with Crippen LogP contribution < -0.4 is 0 Å². The molecule has 0 bridgehead atoms. The number of nitrogens with zero attached hydrogens (tertiary/aromatic N) is 4. The molecule has 2 aromatic heterocycles. The van der Waals surface area contributed by atoms with Crippen LogP contribution >= 0.6 is 0 Å². The van der Waals surface area contributed by atoms with Gasteiger partial charge in [-0.15, -0.1) is 0 Å². The normalized spacial score (nSPS) is 12.1. The Bertz CT molecular complexity index is 571. The molecule has 2 rings (SSSR count). The molecule has 2 heterocycles. The first-order valence-corrected chi connectivity index (χ1v) is 6.01. The molecule has 0 amide bonds. The van der Waals surface area contributed by atoms with E-state index in [1.54, 1.807) is 19.2 Å². The number of rotatable bonds is 5. The maximum Gasteiger partial charge on any atom is 0.276 e. The van der Waals surface area contributed by atoms with Gasteiger partial charge in [0.15, 0.2) is 0 Å². The molecule has 0 saturated carbocycles. The maximum atomic E-state index is 8.71. The van der Waals surface area contributed by atoms with Gasteiger partial charge in [-0.1, -0.05) is 18.5 Å². The summed E-state index contributed by atoms with van der Waals surface area (Å²) >= 11 is 0. The summed E-state index contributed by atoms with van der Waals surface area (Å²) in [6, 6.07) is 5.34. The van der Waals surface area contributed by atoms with Crippen LogP contribution in [-0.4, -0.2) is 22.2 Å². The third kappa shape index (κ3) is 2.95. The predicted molar refractivity (Wildman–Crippen MR) is 66.9 cm³/mol. The van der Waals surface area contributed by atoms with E-state index in [9.17, 15) is 0 Å². The van der Waals surface area contributed by atoms with E-state index in [1.165, 1.54) is 6.20 Å². The van der Waals surface area contributed by atoms with E-state index in [2.05, 4.69) is 22.0 Å². The molecule has 19 heavy (non-hydrogen) atoms. The SMILES string of the molecule is CCCC(OC)c1noc(-c2ccc(C#N)cn2)n1. The number of hydrogen-bond acceptors (Lipinski definition) is 6. The lowest BCUT2D eigenvalue weighted by atomic mass is 10.2. The van der Waals surface area contributed by atoms with Crippen molar-refractivity contribution in [3.05, 3.63) is 29.7 Å². The van der Waals surface area contributed by atoms with Crippen LogP contribution in [0.4, 0.5) is 0 Å². The second kappa shape index (κ2) is 6.07. The highest BCUT2D eigenvalue weighted by Gasteiger charge is 2.18. The third-order valence-electron chi connectivity index (χ3n) is 2.68. The molecule has 6 heteroatoms. The van der Waals surface area contributed by atoms with Gasteiger partial charge in [-0.2, -0.15) is 10.2 Å². The Kier molecular flexibility index (Phi) is 4.21. The fourth-order valence-electron chi connectivity index (χ4n) is 1.67. The molecule has 0 saturated heterocycles. The lowest BCUT2D eigenvalue weighted by Gasteiger charge is -2.08. The van der Waals surface area contributed by atoms with Crippen LogP contribution in [0.1, 0.15) is 37.3 Å². The number of hydrogen-bond donors (Lipinski definition) is 0. The Morgan fingerprint density at radius 2 is 2.32 bits per heavy atom. The Labute approximate surface area is 111 Å². The Hall–Kier alpha value is -2.26. The van der Waals surface area contributed by atoms with Crippen molar-refractivity contribution in [2.45, 2.75) is 25.9 Å². The summed E-state index contributed by atoms with van der Waals surface area (Å²) in [7, 11) is 1.62. The van der Waals surface area contributed by atoms with Crippen LogP contribution in [0.25, 0.3) is 11.6 Å². The average Bonchev–Trinajstić information content (AvgIpc) is 2.94. The molecule has 0 fully saturated rings. The van der Waals surface area contributed by atoms with Gasteiger partial charge in [0.05, 0.1) is 5.56 Å². The predicted octanol–water partition coefficient (Wildman–Crippen LogP) is 2.49. The zero-order valence-electron chi connectivity index (χ0n) is 10.8. The quantitative estimate of drug-likeness (QED) is 0.819. The summed E-state index contributed by atoms with van der Waals surface area (Å²) in [5, 5.41) is 12.6. The highest BCUT2D eigenvalue weighted by molar-refractivity contribution is 5.47. The minimum absolute atomic E-state index is 0.166. The van der Waals surface area contributed by atoms with Crippen molar-refractivity contribution < 1.29 is 9.26 Å². The van der Waals surface area contributed by atoms with Crippen molar-refractivity contribution in [1.82, 2.24) is 15.1 Å². The zero-order chi connectivity index (χ0) is 13.7. The molecule has 0 aliphatic carbocycles. The molecule has 0 N–H and O–H groups in total. The van der Waals surface area contributed by atoms with Crippen LogP contribution in [0.3, 0.4) is 0 Å². The standard InChI is InChI=1S/C13H14N4O2/c1-3-4-11(18-2)12-16-13(19-17-12)10-6-5-9(7-14)8-15-10/h5-6,8,11H,3-4H2,1-2H3. The molecule has 0 aliphatic rings. The molecule has 2 aromatic rings. The highest BCUT2D eigenvalue weighted by Crippen LogP contribution is 2.22. The largest absolute Gasteiger partial charge is 0.373 e. The Morgan fingerprint density at radius 3 is 2.89 bits per heavy atom. The first kappa shape index (κ1) is 13.2. The molecule has 1 atom stereocenters. The van der Waals surface area contributed by atoms with Crippen LogP contribution in [-0.2, 0) is 4.74 Å². The van der Waals surface area contributed by atoms with Crippen LogP contribution in [0.2, 0.25) is 0 Å². The van der Waals surface area contributed by atoms with Gasteiger partial charge in [0.2, 0.25) is 5.82 Å². The molecular weight excluding hydrogens is 244 g/mol. The number of aromatic nitrogens is 3. The zero-order valence-corrected chi connectivity index (χ0v) is 10.8. The molecule has 0 spiro atoms. The molecule has 1 unspecified atom stereocenters. The maximum absolute atomic E-state index is 8.71. The van der Waals surface area contributed by atoms with E-state index in [4.69, 9.17) is 14.5 Å². The molecule has 6 nitrogen and oxygen atoms in total. The van der Waals surface area contributed by atoms with Crippen molar-refractivity contribution in [2.75, 3.05) is 7.11 Å².